The van der Waals surface area contributed by atoms with E-state index in [1.165, 1.54) is 6.20 Å². The fourth-order valence-electron chi connectivity index (χ4n) is 5.09. The monoisotopic (exact) mass is 587 g/mol. The molecule has 11 nitrogen and oxygen atoms in total. The third-order valence-electron chi connectivity index (χ3n) is 7.65. The molecule has 2 aliphatic heterocycles. The number of aromatic nitrogens is 1. The zero-order chi connectivity index (χ0) is 30.0. The average Bonchev–Trinajstić information content (AvgIpc) is 3.03. The van der Waals surface area contributed by atoms with Gasteiger partial charge in [0.1, 0.15) is 5.75 Å². The van der Waals surface area contributed by atoms with E-state index in [0.717, 1.165) is 76.6 Å². The highest BCUT2D eigenvalue weighted by Gasteiger charge is 2.22. The smallest absolute Gasteiger partial charge is 0.415 e. The molecular weight excluding hydrogens is 550 g/mol. The predicted octanol–water partition coefficient (Wildman–Crippen LogP) is 3.61. The maximum Gasteiger partial charge on any atom is 0.415 e. The largest absolute Gasteiger partial charge is 0.478 e. The lowest BCUT2D eigenvalue weighted by atomic mass is 10.1. The Hall–Kier alpha value is -4.32. The first-order valence-electron chi connectivity index (χ1n) is 14.6. The molecule has 2 aromatic carbocycles. The molecule has 43 heavy (non-hydrogen) atoms. The normalized spacial score (nSPS) is 16.0. The lowest BCUT2D eigenvalue weighted by molar-refractivity contribution is 0.0342. The summed E-state index contributed by atoms with van der Waals surface area (Å²) in [7, 11) is 0. The van der Waals surface area contributed by atoms with Crippen LogP contribution in [0.1, 0.15) is 38.4 Å². The number of carboxylic acids is 1. The van der Waals surface area contributed by atoms with E-state index < -0.39 is 12.1 Å². The van der Waals surface area contributed by atoms with Crippen molar-refractivity contribution in [3.05, 3.63) is 89.2 Å². The quantitative estimate of drug-likeness (QED) is 0.366. The van der Waals surface area contributed by atoms with Gasteiger partial charge in [0, 0.05) is 69.0 Å². The average molecular weight is 588 g/mol. The maximum absolute atomic E-state index is 12.7. The van der Waals surface area contributed by atoms with E-state index in [9.17, 15) is 14.4 Å². The number of carbonyl (C=O) groups is 3. The lowest BCUT2D eigenvalue weighted by Crippen LogP contribution is -2.49. The van der Waals surface area contributed by atoms with E-state index in [1.54, 1.807) is 41.3 Å². The van der Waals surface area contributed by atoms with Gasteiger partial charge in [0.25, 0.3) is 5.91 Å². The highest BCUT2D eigenvalue weighted by Crippen LogP contribution is 2.19. The molecule has 3 heterocycles. The van der Waals surface area contributed by atoms with Gasteiger partial charge in [0.2, 0.25) is 0 Å². The van der Waals surface area contributed by atoms with Crippen LogP contribution in [0.15, 0.2) is 66.9 Å². The van der Waals surface area contributed by atoms with Gasteiger partial charge in [-0.1, -0.05) is 12.1 Å². The van der Waals surface area contributed by atoms with Crippen LogP contribution in [0.5, 0.6) is 5.75 Å². The first kappa shape index (κ1) is 30.1. The zero-order valence-electron chi connectivity index (χ0n) is 24.1. The number of rotatable bonds is 10. The Labute approximate surface area is 251 Å². The number of hydrogen-bond acceptors (Lipinski definition) is 8. The highest BCUT2D eigenvalue weighted by atomic mass is 16.6. The third-order valence-corrected chi connectivity index (χ3v) is 7.65. The summed E-state index contributed by atoms with van der Waals surface area (Å²) in [6.07, 6.45) is 2.66. The van der Waals surface area contributed by atoms with E-state index in [1.807, 2.05) is 24.3 Å². The zero-order valence-corrected chi connectivity index (χ0v) is 24.1. The SMILES string of the molecule is O=C(O)c1ccc(CCCN2CCN(C(=O)Oc3ccc(NC(=O)c4ccc(CN5CCOCC5)cc4)cc3)CC2)nc1. The number of benzene rings is 2. The number of ether oxygens (including phenoxy) is 2. The van der Waals surface area contributed by atoms with Crippen LogP contribution in [-0.2, 0) is 17.7 Å². The van der Waals surface area contributed by atoms with Crippen molar-refractivity contribution in [1.29, 1.82) is 0 Å². The predicted molar refractivity (Wildman–Crippen MR) is 160 cm³/mol. The molecule has 0 radical (unpaired) electrons. The van der Waals surface area contributed by atoms with E-state index in [4.69, 9.17) is 14.6 Å². The van der Waals surface area contributed by atoms with Crippen molar-refractivity contribution in [3.8, 4) is 5.75 Å². The first-order chi connectivity index (χ1) is 20.9. The Morgan fingerprint density at radius 3 is 2.19 bits per heavy atom. The molecule has 0 atom stereocenters. The van der Waals surface area contributed by atoms with Crippen molar-refractivity contribution in [2.75, 3.05) is 64.3 Å². The van der Waals surface area contributed by atoms with Gasteiger partial charge < -0.3 is 24.8 Å². The molecule has 1 aromatic heterocycles. The number of aryl methyl sites for hydroxylation is 1. The Morgan fingerprint density at radius 2 is 1.53 bits per heavy atom. The lowest BCUT2D eigenvalue weighted by Gasteiger charge is -2.34. The molecule has 2 fully saturated rings. The first-order valence-corrected chi connectivity index (χ1v) is 14.6. The summed E-state index contributed by atoms with van der Waals surface area (Å²) < 4.78 is 11.0. The molecular formula is C32H37N5O6. The number of piperazine rings is 1. The molecule has 0 unspecified atom stereocenters. The minimum Gasteiger partial charge on any atom is -0.478 e. The van der Waals surface area contributed by atoms with Crippen molar-refractivity contribution in [3.63, 3.8) is 0 Å². The molecule has 2 saturated heterocycles. The molecule has 226 valence electrons. The van der Waals surface area contributed by atoms with Crippen LogP contribution in [0.25, 0.3) is 0 Å². The molecule has 0 spiro atoms. The van der Waals surface area contributed by atoms with Gasteiger partial charge in [-0.15, -0.1) is 0 Å². The Balaban J connectivity index is 1.01. The number of nitrogens with zero attached hydrogens (tertiary/aromatic N) is 4. The van der Waals surface area contributed by atoms with Crippen molar-refractivity contribution < 1.29 is 29.0 Å². The minimum absolute atomic E-state index is 0.187. The van der Waals surface area contributed by atoms with Crippen LogP contribution < -0.4 is 10.1 Å². The highest BCUT2D eigenvalue weighted by molar-refractivity contribution is 6.04. The molecule has 0 aliphatic carbocycles. The van der Waals surface area contributed by atoms with Crippen molar-refractivity contribution in [2.24, 2.45) is 0 Å². The van der Waals surface area contributed by atoms with Gasteiger partial charge in [-0.25, -0.2) is 9.59 Å². The summed E-state index contributed by atoms with van der Waals surface area (Å²) in [6, 6.07) is 17.7. The minimum atomic E-state index is -0.978. The van der Waals surface area contributed by atoms with Crippen LogP contribution in [-0.4, -0.2) is 102 Å². The summed E-state index contributed by atoms with van der Waals surface area (Å²) >= 11 is 0. The van der Waals surface area contributed by atoms with Gasteiger partial charge in [0.05, 0.1) is 18.8 Å². The van der Waals surface area contributed by atoms with E-state index in [0.29, 0.717) is 30.1 Å². The van der Waals surface area contributed by atoms with Gasteiger partial charge >= 0.3 is 12.1 Å². The summed E-state index contributed by atoms with van der Waals surface area (Å²) in [5, 5.41) is 11.9. The Kier molecular flexibility index (Phi) is 10.3. The molecule has 2 amide bonds. The fraction of sp³-hybridized carbons (Fsp3) is 0.375. The number of pyridine rings is 1. The molecule has 2 aliphatic rings. The summed E-state index contributed by atoms with van der Waals surface area (Å²) in [4.78, 5) is 46.9. The summed E-state index contributed by atoms with van der Waals surface area (Å²) in [5.41, 5.74) is 3.40. The Bertz CT molecular complexity index is 1370. The number of hydrogen-bond donors (Lipinski definition) is 2. The molecule has 3 aromatic rings. The van der Waals surface area contributed by atoms with E-state index >= 15 is 0 Å². The van der Waals surface area contributed by atoms with Crippen molar-refractivity contribution in [1.82, 2.24) is 19.7 Å². The van der Waals surface area contributed by atoms with Crippen molar-refractivity contribution in [2.45, 2.75) is 19.4 Å². The number of anilines is 1. The van der Waals surface area contributed by atoms with E-state index in [2.05, 4.69) is 20.1 Å². The van der Waals surface area contributed by atoms with Gasteiger partial charge in [-0.3, -0.25) is 19.6 Å². The van der Waals surface area contributed by atoms with Crippen LogP contribution in [0.4, 0.5) is 10.5 Å². The molecule has 11 heteroatoms. The number of carboxylic acid groups (broad SMARTS) is 1. The molecule has 5 rings (SSSR count). The van der Waals surface area contributed by atoms with Gasteiger partial charge in [-0.05, 0) is 73.5 Å². The van der Waals surface area contributed by atoms with Gasteiger partial charge in [-0.2, -0.15) is 0 Å². The van der Waals surface area contributed by atoms with Crippen LogP contribution in [0.3, 0.4) is 0 Å². The fourth-order valence-corrected chi connectivity index (χ4v) is 5.09. The second-order valence-electron chi connectivity index (χ2n) is 10.7. The van der Waals surface area contributed by atoms with E-state index in [-0.39, 0.29) is 11.5 Å². The second-order valence-corrected chi connectivity index (χ2v) is 10.7. The molecule has 0 saturated carbocycles. The number of nitrogens with one attached hydrogen (secondary N) is 1. The van der Waals surface area contributed by atoms with Crippen LogP contribution >= 0.6 is 0 Å². The topological polar surface area (TPSA) is 125 Å². The third kappa shape index (κ3) is 8.84. The molecule has 2 N–H and O–H groups in total. The number of carbonyl (C=O) groups excluding carboxylic acids is 2. The standard InChI is InChI=1S/C32H37N5O6/c38-30(25-5-3-24(4-6-25)23-36-18-20-42-21-19-36)34-28-9-11-29(12-10-28)43-32(41)37-16-14-35(15-17-37)13-1-2-27-8-7-26(22-33-27)31(39)40/h3-12,22H,1-2,13-21,23H2,(H,34,38)(H,39,40). The number of morpholine rings is 1. The second kappa shape index (κ2) is 14.7. The van der Waals surface area contributed by atoms with Crippen molar-refractivity contribution >= 4 is 23.7 Å². The van der Waals surface area contributed by atoms with Gasteiger partial charge in [0.15, 0.2) is 0 Å². The summed E-state index contributed by atoms with van der Waals surface area (Å²) in [6.45, 7) is 7.70. The van der Waals surface area contributed by atoms with Crippen LogP contribution in [0.2, 0.25) is 0 Å². The number of aromatic carboxylic acids is 1. The number of amides is 2. The van der Waals surface area contributed by atoms with Crippen LogP contribution in [0, 0.1) is 0 Å². The summed E-state index contributed by atoms with van der Waals surface area (Å²) in [5.74, 6) is -0.763. The Morgan fingerprint density at radius 1 is 0.837 bits per heavy atom. The maximum atomic E-state index is 12.7. The molecule has 0 bridgehead atoms.